The molecule has 6 nitrogen and oxygen atoms in total. The van der Waals surface area contributed by atoms with Crippen LogP contribution < -0.4 is 15.4 Å². The average Bonchev–Trinajstić information content (AvgIpc) is 2.70. The fourth-order valence-electron chi connectivity index (χ4n) is 2.23. The van der Waals surface area contributed by atoms with Gasteiger partial charge in [0.1, 0.15) is 12.4 Å². The minimum atomic E-state index is -0.0980. The van der Waals surface area contributed by atoms with Gasteiger partial charge in [0.2, 0.25) is 5.91 Å². The quantitative estimate of drug-likeness (QED) is 0.613. The fraction of sp³-hybridized carbons (Fsp3) is 0.150. The monoisotopic (exact) mass is 382 g/mol. The van der Waals surface area contributed by atoms with Crippen LogP contribution in [0.3, 0.4) is 0 Å². The molecule has 1 heterocycles. The topological polar surface area (TPSA) is 76.1 Å². The van der Waals surface area contributed by atoms with Crippen molar-refractivity contribution in [3.63, 3.8) is 0 Å². The van der Waals surface area contributed by atoms with E-state index in [2.05, 4.69) is 20.8 Å². The molecule has 7 heteroatoms. The lowest BCUT2D eigenvalue weighted by molar-refractivity contribution is -0.115. The minimum Gasteiger partial charge on any atom is -0.489 e. The van der Waals surface area contributed by atoms with E-state index in [4.69, 9.17) is 16.3 Å². The van der Waals surface area contributed by atoms with Gasteiger partial charge in [0.15, 0.2) is 11.6 Å². The largest absolute Gasteiger partial charge is 0.489 e. The van der Waals surface area contributed by atoms with Crippen molar-refractivity contribution < 1.29 is 9.53 Å². The predicted molar refractivity (Wildman–Crippen MR) is 106 cm³/mol. The Labute approximate surface area is 162 Å². The van der Waals surface area contributed by atoms with Crippen LogP contribution in [0.15, 0.2) is 60.7 Å². The van der Waals surface area contributed by atoms with E-state index in [-0.39, 0.29) is 5.91 Å². The molecule has 0 aliphatic heterocycles. The van der Waals surface area contributed by atoms with Gasteiger partial charge < -0.3 is 15.4 Å². The van der Waals surface area contributed by atoms with Crippen molar-refractivity contribution in [2.24, 2.45) is 0 Å². The van der Waals surface area contributed by atoms with Gasteiger partial charge in [-0.15, -0.1) is 10.2 Å². The molecule has 0 aliphatic rings. The van der Waals surface area contributed by atoms with Gasteiger partial charge in [-0.05, 0) is 54.1 Å². The lowest BCUT2D eigenvalue weighted by Gasteiger charge is -2.09. The molecular formula is C20H19ClN4O2. The van der Waals surface area contributed by atoms with Gasteiger partial charge in [-0.25, -0.2) is 0 Å². The van der Waals surface area contributed by atoms with Crippen LogP contribution in [0.1, 0.15) is 18.9 Å². The van der Waals surface area contributed by atoms with E-state index in [0.29, 0.717) is 29.7 Å². The third-order valence-corrected chi connectivity index (χ3v) is 3.95. The molecule has 0 saturated carbocycles. The summed E-state index contributed by atoms with van der Waals surface area (Å²) in [5.41, 5.74) is 1.90. The average molecular weight is 383 g/mol. The number of amides is 1. The number of halogens is 1. The zero-order valence-electron chi connectivity index (χ0n) is 14.8. The SMILES string of the molecule is CCC(=O)Nc1ccc(Nc2ccc(OCc3ccc(Cl)cc3)cc2)nn1. The molecule has 27 heavy (non-hydrogen) atoms. The van der Waals surface area contributed by atoms with Crippen molar-refractivity contribution in [1.82, 2.24) is 10.2 Å². The van der Waals surface area contributed by atoms with Crippen molar-refractivity contribution in [2.75, 3.05) is 10.6 Å². The summed E-state index contributed by atoms with van der Waals surface area (Å²) >= 11 is 5.87. The number of hydrogen-bond acceptors (Lipinski definition) is 5. The molecule has 1 aromatic heterocycles. The van der Waals surface area contributed by atoms with Gasteiger partial charge in [-0.2, -0.15) is 0 Å². The number of carbonyl (C=O) groups excluding carboxylic acids is 1. The number of nitrogens with one attached hydrogen (secondary N) is 2. The predicted octanol–water partition coefficient (Wildman–Crippen LogP) is 4.80. The number of benzene rings is 2. The Kier molecular flexibility index (Phi) is 6.22. The van der Waals surface area contributed by atoms with Crippen LogP contribution in [0.5, 0.6) is 5.75 Å². The van der Waals surface area contributed by atoms with Gasteiger partial charge in [-0.1, -0.05) is 30.7 Å². The molecule has 0 atom stereocenters. The maximum atomic E-state index is 11.3. The number of anilines is 3. The van der Waals surface area contributed by atoms with Gasteiger partial charge in [-0.3, -0.25) is 4.79 Å². The Morgan fingerprint density at radius 1 is 0.963 bits per heavy atom. The molecule has 0 unspecified atom stereocenters. The van der Waals surface area contributed by atoms with Crippen molar-refractivity contribution in [3.8, 4) is 5.75 Å². The Balaban J connectivity index is 1.54. The lowest BCUT2D eigenvalue weighted by atomic mass is 10.2. The van der Waals surface area contributed by atoms with Crippen molar-refractivity contribution in [1.29, 1.82) is 0 Å². The maximum Gasteiger partial charge on any atom is 0.225 e. The highest BCUT2D eigenvalue weighted by atomic mass is 35.5. The van der Waals surface area contributed by atoms with E-state index in [1.54, 1.807) is 19.1 Å². The fourth-order valence-corrected chi connectivity index (χ4v) is 2.35. The Morgan fingerprint density at radius 2 is 1.63 bits per heavy atom. The normalized spacial score (nSPS) is 10.3. The minimum absolute atomic E-state index is 0.0980. The molecule has 0 fully saturated rings. The summed E-state index contributed by atoms with van der Waals surface area (Å²) in [5, 5.41) is 14.5. The summed E-state index contributed by atoms with van der Waals surface area (Å²) in [6, 6.07) is 18.5. The Morgan fingerprint density at radius 3 is 2.26 bits per heavy atom. The van der Waals surface area contributed by atoms with Crippen LogP contribution in [-0.4, -0.2) is 16.1 Å². The van der Waals surface area contributed by atoms with Crippen LogP contribution in [-0.2, 0) is 11.4 Å². The van der Waals surface area contributed by atoms with Crippen molar-refractivity contribution in [2.45, 2.75) is 20.0 Å². The van der Waals surface area contributed by atoms with Gasteiger partial charge in [0.25, 0.3) is 0 Å². The molecule has 2 aromatic carbocycles. The highest BCUT2D eigenvalue weighted by Crippen LogP contribution is 2.20. The zero-order chi connectivity index (χ0) is 19.1. The standard InChI is InChI=1S/C20H19ClN4O2/c1-2-20(26)23-19-12-11-18(24-25-19)22-16-7-9-17(10-8-16)27-13-14-3-5-15(21)6-4-14/h3-12H,2,13H2,1H3,(H,22,24)(H,23,25,26). The second-order valence-electron chi connectivity index (χ2n) is 5.77. The maximum absolute atomic E-state index is 11.3. The van der Waals surface area contributed by atoms with Gasteiger partial charge in [0.05, 0.1) is 0 Å². The summed E-state index contributed by atoms with van der Waals surface area (Å²) in [6.07, 6.45) is 0.397. The number of nitrogens with zero attached hydrogens (tertiary/aromatic N) is 2. The van der Waals surface area contributed by atoms with E-state index in [0.717, 1.165) is 17.0 Å². The molecule has 3 aromatic rings. The smallest absolute Gasteiger partial charge is 0.225 e. The number of aromatic nitrogens is 2. The highest BCUT2D eigenvalue weighted by molar-refractivity contribution is 6.30. The first kappa shape index (κ1) is 18.7. The first-order valence-electron chi connectivity index (χ1n) is 8.50. The van der Waals surface area contributed by atoms with Crippen LogP contribution in [0.4, 0.5) is 17.3 Å². The Bertz CT molecular complexity index is 881. The molecule has 3 rings (SSSR count). The van der Waals surface area contributed by atoms with E-state index in [1.807, 2.05) is 48.5 Å². The van der Waals surface area contributed by atoms with E-state index in [9.17, 15) is 4.79 Å². The molecule has 0 saturated heterocycles. The second-order valence-corrected chi connectivity index (χ2v) is 6.21. The summed E-state index contributed by atoms with van der Waals surface area (Å²) < 4.78 is 5.76. The first-order chi connectivity index (χ1) is 13.1. The number of rotatable bonds is 7. The molecule has 0 spiro atoms. The molecule has 0 aliphatic carbocycles. The van der Waals surface area contributed by atoms with Crippen LogP contribution in [0.2, 0.25) is 5.02 Å². The van der Waals surface area contributed by atoms with Gasteiger partial charge >= 0.3 is 0 Å². The molecule has 138 valence electrons. The summed E-state index contributed by atoms with van der Waals surface area (Å²) in [4.78, 5) is 11.3. The Hall–Kier alpha value is -3.12. The van der Waals surface area contributed by atoms with Crippen LogP contribution >= 0.6 is 11.6 Å². The van der Waals surface area contributed by atoms with Crippen molar-refractivity contribution >= 4 is 34.8 Å². The van der Waals surface area contributed by atoms with E-state index >= 15 is 0 Å². The summed E-state index contributed by atoms with van der Waals surface area (Å²) in [7, 11) is 0. The van der Waals surface area contributed by atoms with Crippen LogP contribution in [0.25, 0.3) is 0 Å². The second kappa shape index (κ2) is 9.00. The molecule has 1 amide bonds. The molecule has 2 N–H and O–H groups in total. The zero-order valence-corrected chi connectivity index (χ0v) is 15.5. The van der Waals surface area contributed by atoms with Gasteiger partial charge in [0, 0.05) is 17.1 Å². The number of ether oxygens (including phenoxy) is 1. The molecule has 0 radical (unpaired) electrons. The number of hydrogen-bond donors (Lipinski definition) is 2. The molecule has 0 bridgehead atoms. The lowest BCUT2D eigenvalue weighted by Crippen LogP contribution is -2.11. The third kappa shape index (κ3) is 5.69. The van der Waals surface area contributed by atoms with Crippen molar-refractivity contribution in [3.05, 3.63) is 71.2 Å². The van der Waals surface area contributed by atoms with E-state index in [1.165, 1.54) is 0 Å². The summed E-state index contributed by atoms with van der Waals surface area (Å²) in [5.74, 6) is 1.68. The third-order valence-electron chi connectivity index (χ3n) is 3.70. The number of carbonyl (C=O) groups is 1. The molecular weight excluding hydrogens is 364 g/mol. The van der Waals surface area contributed by atoms with E-state index < -0.39 is 0 Å². The summed E-state index contributed by atoms with van der Waals surface area (Å²) in [6.45, 7) is 2.25. The highest BCUT2D eigenvalue weighted by Gasteiger charge is 2.03. The van der Waals surface area contributed by atoms with Crippen LogP contribution in [0, 0.1) is 0 Å². The first-order valence-corrected chi connectivity index (χ1v) is 8.88.